The second-order valence-corrected chi connectivity index (χ2v) is 3.81. The predicted octanol–water partition coefficient (Wildman–Crippen LogP) is 0.647. The van der Waals surface area contributed by atoms with Crippen LogP contribution in [0.2, 0.25) is 0 Å². The summed E-state index contributed by atoms with van der Waals surface area (Å²) in [5, 5.41) is 0. The summed E-state index contributed by atoms with van der Waals surface area (Å²) in [5.41, 5.74) is 6.81. The SMILES string of the molecule is Nc1cccc[n+]1Cc1cn2cccnc2n1. The Kier molecular flexibility index (Phi) is 2.22. The summed E-state index contributed by atoms with van der Waals surface area (Å²) in [4.78, 5) is 8.60. The van der Waals surface area contributed by atoms with E-state index < -0.39 is 0 Å². The van der Waals surface area contributed by atoms with Gasteiger partial charge in [0.15, 0.2) is 0 Å². The summed E-state index contributed by atoms with van der Waals surface area (Å²) in [7, 11) is 0. The molecule has 0 bridgehead atoms. The zero-order valence-electron chi connectivity index (χ0n) is 9.19. The molecule has 0 spiro atoms. The lowest BCUT2D eigenvalue weighted by Gasteiger charge is -1.98. The van der Waals surface area contributed by atoms with E-state index >= 15 is 0 Å². The number of fused-ring (bicyclic) bond motifs is 1. The monoisotopic (exact) mass is 226 g/mol. The van der Waals surface area contributed by atoms with Crippen LogP contribution in [-0.2, 0) is 6.54 Å². The van der Waals surface area contributed by atoms with E-state index in [9.17, 15) is 0 Å². The highest BCUT2D eigenvalue weighted by molar-refractivity contribution is 5.29. The molecule has 2 N–H and O–H groups in total. The van der Waals surface area contributed by atoms with Crippen LogP contribution >= 0.6 is 0 Å². The molecule has 0 aliphatic carbocycles. The number of hydrogen-bond donors (Lipinski definition) is 1. The van der Waals surface area contributed by atoms with Crippen molar-refractivity contribution in [2.24, 2.45) is 0 Å². The van der Waals surface area contributed by atoms with Gasteiger partial charge in [-0.25, -0.2) is 14.5 Å². The molecule has 5 heteroatoms. The number of anilines is 1. The average Bonchev–Trinajstić information content (AvgIpc) is 2.74. The lowest BCUT2D eigenvalue weighted by molar-refractivity contribution is -0.674. The first-order valence-electron chi connectivity index (χ1n) is 5.35. The molecule has 0 aromatic carbocycles. The Balaban J connectivity index is 1.98. The average molecular weight is 226 g/mol. The molecule has 0 amide bonds. The Morgan fingerprint density at radius 2 is 2.24 bits per heavy atom. The van der Waals surface area contributed by atoms with E-state index in [0.29, 0.717) is 12.3 Å². The second-order valence-electron chi connectivity index (χ2n) is 3.81. The van der Waals surface area contributed by atoms with E-state index in [1.165, 1.54) is 0 Å². The highest BCUT2D eigenvalue weighted by atomic mass is 15.1. The molecule has 0 saturated heterocycles. The third-order valence-electron chi connectivity index (χ3n) is 2.59. The summed E-state index contributed by atoms with van der Waals surface area (Å²) in [5.74, 6) is 1.43. The summed E-state index contributed by atoms with van der Waals surface area (Å²) in [6, 6.07) is 7.61. The van der Waals surface area contributed by atoms with Gasteiger partial charge in [-0.1, -0.05) is 6.07 Å². The van der Waals surface area contributed by atoms with Gasteiger partial charge in [0.05, 0.1) is 6.20 Å². The molecule has 84 valence electrons. The zero-order valence-corrected chi connectivity index (χ0v) is 9.19. The first kappa shape index (κ1) is 9.77. The molecule has 3 aromatic heterocycles. The van der Waals surface area contributed by atoms with Gasteiger partial charge in [-0.15, -0.1) is 0 Å². The van der Waals surface area contributed by atoms with Crippen LogP contribution in [0.1, 0.15) is 5.69 Å². The van der Waals surface area contributed by atoms with Gasteiger partial charge >= 0.3 is 0 Å². The Bertz CT molecular complexity index is 626. The third kappa shape index (κ3) is 1.82. The largest absolute Gasteiger partial charge is 0.291 e. The quantitative estimate of drug-likeness (QED) is 0.652. The van der Waals surface area contributed by atoms with Gasteiger partial charge in [0.2, 0.25) is 5.78 Å². The number of nitrogen functional groups attached to an aromatic ring is 1. The van der Waals surface area contributed by atoms with Gasteiger partial charge in [-0.2, -0.15) is 0 Å². The number of nitrogens with zero attached hydrogens (tertiary/aromatic N) is 4. The van der Waals surface area contributed by atoms with Gasteiger partial charge in [0.25, 0.3) is 5.82 Å². The van der Waals surface area contributed by atoms with E-state index in [2.05, 4.69) is 9.97 Å². The molecular weight excluding hydrogens is 214 g/mol. The first-order valence-corrected chi connectivity index (χ1v) is 5.35. The van der Waals surface area contributed by atoms with Gasteiger partial charge in [0, 0.05) is 24.7 Å². The van der Waals surface area contributed by atoms with Crippen molar-refractivity contribution in [1.82, 2.24) is 14.4 Å². The molecule has 0 aliphatic rings. The van der Waals surface area contributed by atoms with Crippen LogP contribution in [0.4, 0.5) is 5.82 Å². The minimum atomic E-state index is 0.649. The minimum Gasteiger partial charge on any atom is -0.291 e. The Morgan fingerprint density at radius 3 is 3.06 bits per heavy atom. The second kappa shape index (κ2) is 3.86. The fraction of sp³-hybridized carbons (Fsp3) is 0.0833. The molecule has 3 aromatic rings. The summed E-state index contributed by atoms with van der Waals surface area (Å²) < 4.78 is 3.84. The number of rotatable bonds is 2. The fourth-order valence-electron chi connectivity index (χ4n) is 1.76. The van der Waals surface area contributed by atoms with Crippen molar-refractivity contribution in [3.05, 3.63) is 54.7 Å². The van der Waals surface area contributed by atoms with Crippen molar-refractivity contribution in [2.45, 2.75) is 6.54 Å². The van der Waals surface area contributed by atoms with Crippen LogP contribution in [0.3, 0.4) is 0 Å². The molecule has 3 heterocycles. The standard InChI is InChI=1S/C12H11N5/c13-11-4-1-2-6-16(11)8-10-9-17-7-3-5-14-12(17)15-10/h1-7,9,13H,8H2/p+1. The molecule has 0 unspecified atom stereocenters. The van der Waals surface area contributed by atoms with Crippen LogP contribution in [0, 0.1) is 0 Å². The lowest BCUT2D eigenvalue weighted by Crippen LogP contribution is -2.37. The third-order valence-corrected chi connectivity index (χ3v) is 2.59. The van der Waals surface area contributed by atoms with Crippen molar-refractivity contribution < 1.29 is 4.57 Å². The number of aromatic nitrogens is 4. The summed E-state index contributed by atoms with van der Waals surface area (Å²) >= 11 is 0. The predicted molar refractivity (Wildman–Crippen MR) is 63.1 cm³/mol. The maximum absolute atomic E-state index is 5.88. The van der Waals surface area contributed by atoms with E-state index in [1.54, 1.807) is 6.20 Å². The van der Waals surface area contributed by atoms with E-state index in [1.807, 2.05) is 51.8 Å². The van der Waals surface area contributed by atoms with Gasteiger partial charge in [-0.3, -0.25) is 10.1 Å². The van der Waals surface area contributed by atoms with Crippen LogP contribution in [0.25, 0.3) is 5.78 Å². The van der Waals surface area contributed by atoms with E-state index in [4.69, 9.17) is 5.73 Å². The molecular formula is C12H12N5+. The van der Waals surface area contributed by atoms with Crippen molar-refractivity contribution in [1.29, 1.82) is 0 Å². The van der Waals surface area contributed by atoms with Crippen LogP contribution in [0.15, 0.2) is 49.1 Å². The number of hydrogen-bond acceptors (Lipinski definition) is 3. The Hall–Kier alpha value is -2.43. The number of imidazole rings is 1. The maximum atomic E-state index is 5.88. The van der Waals surface area contributed by atoms with E-state index in [-0.39, 0.29) is 0 Å². The molecule has 0 aliphatic heterocycles. The first-order chi connectivity index (χ1) is 8.33. The van der Waals surface area contributed by atoms with Crippen molar-refractivity contribution >= 4 is 11.6 Å². The number of nitrogens with two attached hydrogens (primary N) is 1. The Labute approximate surface area is 98.2 Å². The maximum Gasteiger partial charge on any atom is 0.272 e. The Morgan fingerprint density at radius 1 is 1.29 bits per heavy atom. The lowest BCUT2D eigenvalue weighted by atomic mass is 10.4. The molecule has 0 radical (unpaired) electrons. The van der Waals surface area contributed by atoms with Gasteiger partial charge in [-0.05, 0) is 12.1 Å². The van der Waals surface area contributed by atoms with Crippen molar-refractivity contribution in [3.63, 3.8) is 0 Å². The van der Waals surface area contributed by atoms with E-state index in [0.717, 1.165) is 11.5 Å². The minimum absolute atomic E-state index is 0.649. The number of pyridine rings is 1. The summed E-state index contributed by atoms with van der Waals surface area (Å²) in [6.07, 6.45) is 7.56. The summed E-state index contributed by atoms with van der Waals surface area (Å²) in [6.45, 7) is 0.649. The van der Waals surface area contributed by atoms with Crippen LogP contribution < -0.4 is 10.3 Å². The molecule has 5 nitrogen and oxygen atoms in total. The zero-order chi connectivity index (χ0) is 11.7. The van der Waals surface area contributed by atoms with Crippen LogP contribution in [-0.4, -0.2) is 14.4 Å². The molecule has 0 fully saturated rings. The van der Waals surface area contributed by atoms with Gasteiger partial charge in [0.1, 0.15) is 12.2 Å². The van der Waals surface area contributed by atoms with Crippen LogP contribution in [0.5, 0.6) is 0 Å². The van der Waals surface area contributed by atoms with Crippen molar-refractivity contribution in [2.75, 3.05) is 5.73 Å². The topological polar surface area (TPSA) is 60.1 Å². The fourth-order valence-corrected chi connectivity index (χ4v) is 1.76. The molecule has 0 saturated carbocycles. The highest BCUT2D eigenvalue weighted by Gasteiger charge is 2.07. The normalized spacial score (nSPS) is 10.8. The van der Waals surface area contributed by atoms with Gasteiger partial charge < -0.3 is 0 Å². The molecule has 3 rings (SSSR count). The molecule has 0 atom stereocenters. The molecule has 17 heavy (non-hydrogen) atoms. The smallest absolute Gasteiger partial charge is 0.272 e. The highest BCUT2D eigenvalue weighted by Crippen LogP contribution is 2.02. The van der Waals surface area contributed by atoms with Crippen molar-refractivity contribution in [3.8, 4) is 0 Å².